The molecule has 1 aliphatic rings. The van der Waals surface area contributed by atoms with E-state index in [-0.39, 0.29) is 6.23 Å². The van der Waals surface area contributed by atoms with Crippen molar-refractivity contribution in [1.82, 2.24) is 4.90 Å². The van der Waals surface area contributed by atoms with Gasteiger partial charge in [-0.1, -0.05) is 43.7 Å². The van der Waals surface area contributed by atoms with Crippen molar-refractivity contribution in [3.63, 3.8) is 0 Å². The predicted octanol–water partition coefficient (Wildman–Crippen LogP) is 3.12. The molecule has 3 heteroatoms. The van der Waals surface area contributed by atoms with Crippen molar-refractivity contribution in [3.8, 4) is 0 Å². The van der Waals surface area contributed by atoms with E-state index in [9.17, 15) is 4.79 Å². The van der Waals surface area contributed by atoms with Crippen LogP contribution in [0.15, 0.2) is 30.3 Å². The first kappa shape index (κ1) is 13.1. The van der Waals surface area contributed by atoms with E-state index in [0.29, 0.717) is 12.5 Å². The van der Waals surface area contributed by atoms with Crippen LogP contribution in [0.3, 0.4) is 0 Å². The van der Waals surface area contributed by atoms with Gasteiger partial charge in [-0.25, -0.2) is 0 Å². The minimum Gasteiger partial charge on any atom is -0.444 e. The summed E-state index contributed by atoms with van der Waals surface area (Å²) >= 11 is 0. The highest BCUT2D eigenvalue weighted by atomic mass is 16.5. The molecular formula is C15H21NO2. The van der Waals surface area contributed by atoms with E-state index < -0.39 is 0 Å². The molecule has 0 aromatic heterocycles. The Morgan fingerprint density at radius 1 is 1.39 bits per heavy atom. The molecule has 2 atom stereocenters. The van der Waals surface area contributed by atoms with Crippen molar-refractivity contribution < 1.29 is 9.53 Å². The summed E-state index contributed by atoms with van der Waals surface area (Å²) in [6, 6.07) is 10.5. The number of nitrogens with zero attached hydrogens (tertiary/aromatic N) is 1. The fourth-order valence-electron chi connectivity index (χ4n) is 2.79. The van der Waals surface area contributed by atoms with Crippen molar-refractivity contribution in [2.75, 3.05) is 6.54 Å². The Labute approximate surface area is 109 Å². The molecule has 0 N–H and O–H groups in total. The van der Waals surface area contributed by atoms with Crippen LogP contribution in [0.5, 0.6) is 0 Å². The van der Waals surface area contributed by atoms with Gasteiger partial charge in [0.25, 0.3) is 6.47 Å². The van der Waals surface area contributed by atoms with Crippen molar-refractivity contribution in [2.24, 2.45) is 0 Å². The molecule has 2 rings (SSSR count). The van der Waals surface area contributed by atoms with E-state index in [2.05, 4.69) is 11.8 Å². The van der Waals surface area contributed by atoms with E-state index in [1.54, 1.807) is 0 Å². The van der Waals surface area contributed by atoms with Gasteiger partial charge < -0.3 is 4.74 Å². The van der Waals surface area contributed by atoms with Crippen LogP contribution < -0.4 is 0 Å². The second-order valence-electron chi connectivity index (χ2n) is 4.79. The number of carbonyl (C=O) groups is 1. The summed E-state index contributed by atoms with van der Waals surface area (Å²) < 4.78 is 5.34. The highest BCUT2D eigenvalue weighted by Crippen LogP contribution is 2.30. The molecule has 1 heterocycles. The Morgan fingerprint density at radius 2 is 2.17 bits per heavy atom. The van der Waals surface area contributed by atoms with E-state index in [4.69, 9.17) is 4.74 Å². The minimum atomic E-state index is -0.228. The molecule has 3 nitrogen and oxygen atoms in total. The molecule has 1 saturated heterocycles. The molecule has 0 aliphatic carbocycles. The SMILES string of the molecule is CCC1CCCCN1C(OC=O)c1ccccc1. The molecule has 0 saturated carbocycles. The molecule has 2 unspecified atom stereocenters. The van der Waals surface area contributed by atoms with Gasteiger partial charge in [-0.05, 0) is 19.3 Å². The minimum absolute atomic E-state index is 0.228. The lowest BCUT2D eigenvalue weighted by Crippen LogP contribution is -2.42. The van der Waals surface area contributed by atoms with Gasteiger partial charge in [-0.2, -0.15) is 0 Å². The monoisotopic (exact) mass is 247 g/mol. The lowest BCUT2D eigenvalue weighted by molar-refractivity contribution is -0.149. The fourth-order valence-corrected chi connectivity index (χ4v) is 2.79. The van der Waals surface area contributed by atoms with E-state index in [0.717, 1.165) is 18.5 Å². The van der Waals surface area contributed by atoms with Gasteiger partial charge in [-0.15, -0.1) is 0 Å². The average molecular weight is 247 g/mol. The molecule has 1 fully saturated rings. The lowest BCUT2D eigenvalue weighted by atomic mass is 9.98. The molecule has 1 aliphatic heterocycles. The molecule has 0 spiro atoms. The Hall–Kier alpha value is -1.35. The van der Waals surface area contributed by atoms with Gasteiger partial charge in [0.1, 0.15) is 0 Å². The zero-order chi connectivity index (χ0) is 12.8. The van der Waals surface area contributed by atoms with Gasteiger partial charge >= 0.3 is 0 Å². The first-order valence-corrected chi connectivity index (χ1v) is 6.76. The normalized spacial score (nSPS) is 22.4. The molecule has 1 aromatic rings. The smallest absolute Gasteiger partial charge is 0.294 e. The van der Waals surface area contributed by atoms with Crippen LogP contribution in [0, 0.1) is 0 Å². The first-order chi connectivity index (χ1) is 8.86. The van der Waals surface area contributed by atoms with Crippen LogP contribution >= 0.6 is 0 Å². The highest BCUT2D eigenvalue weighted by molar-refractivity contribution is 5.38. The molecule has 0 radical (unpaired) electrons. The third-order valence-electron chi connectivity index (χ3n) is 3.71. The number of carbonyl (C=O) groups excluding carboxylic acids is 1. The summed E-state index contributed by atoms with van der Waals surface area (Å²) in [7, 11) is 0. The Balaban J connectivity index is 2.20. The summed E-state index contributed by atoms with van der Waals surface area (Å²) in [6.45, 7) is 3.77. The maximum atomic E-state index is 10.8. The molecule has 0 bridgehead atoms. The van der Waals surface area contributed by atoms with Crippen LogP contribution in [-0.4, -0.2) is 24.0 Å². The number of hydrogen-bond acceptors (Lipinski definition) is 3. The van der Waals surface area contributed by atoms with Gasteiger partial charge in [0.15, 0.2) is 6.23 Å². The van der Waals surface area contributed by atoms with E-state index >= 15 is 0 Å². The van der Waals surface area contributed by atoms with Crippen LogP contribution in [0.25, 0.3) is 0 Å². The molecule has 0 amide bonds. The van der Waals surface area contributed by atoms with Crippen LogP contribution in [0.2, 0.25) is 0 Å². The Bertz CT molecular complexity index is 366. The first-order valence-electron chi connectivity index (χ1n) is 6.76. The van der Waals surface area contributed by atoms with Gasteiger partial charge in [-0.3, -0.25) is 9.69 Å². The maximum Gasteiger partial charge on any atom is 0.294 e. The summed E-state index contributed by atoms with van der Waals surface area (Å²) in [5.41, 5.74) is 1.06. The fraction of sp³-hybridized carbons (Fsp3) is 0.533. The molecule has 98 valence electrons. The van der Waals surface area contributed by atoms with Crippen LogP contribution in [-0.2, 0) is 9.53 Å². The third-order valence-corrected chi connectivity index (χ3v) is 3.71. The zero-order valence-electron chi connectivity index (χ0n) is 10.9. The Kier molecular flexibility index (Phi) is 4.76. The number of benzene rings is 1. The van der Waals surface area contributed by atoms with Gasteiger partial charge in [0.05, 0.1) is 0 Å². The third kappa shape index (κ3) is 2.91. The summed E-state index contributed by atoms with van der Waals surface area (Å²) in [4.78, 5) is 13.1. The number of hydrogen-bond donors (Lipinski definition) is 0. The van der Waals surface area contributed by atoms with Gasteiger partial charge in [0, 0.05) is 18.2 Å². The summed E-state index contributed by atoms with van der Waals surface area (Å²) in [5, 5.41) is 0. The quantitative estimate of drug-likeness (QED) is 0.749. The average Bonchev–Trinajstić information content (AvgIpc) is 2.46. The molecule has 18 heavy (non-hydrogen) atoms. The summed E-state index contributed by atoms with van der Waals surface area (Å²) in [5.74, 6) is 0. The number of ether oxygens (including phenoxy) is 1. The number of piperidine rings is 1. The predicted molar refractivity (Wildman–Crippen MR) is 71.0 cm³/mol. The number of rotatable bonds is 5. The zero-order valence-corrected chi connectivity index (χ0v) is 10.9. The number of likely N-dealkylation sites (tertiary alicyclic amines) is 1. The van der Waals surface area contributed by atoms with Gasteiger partial charge in [0.2, 0.25) is 0 Å². The standard InChI is InChI=1S/C15H21NO2/c1-2-14-10-6-7-11-16(14)15(18-12-17)13-8-4-3-5-9-13/h3-5,8-9,12,14-15H,2,6-7,10-11H2,1H3. The second kappa shape index (κ2) is 6.55. The van der Waals surface area contributed by atoms with Crippen LogP contribution in [0.4, 0.5) is 0 Å². The summed E-state index contributed by atoms with van der Waals surface area (Å²) in [6.07, 6.45) is 4.53. The molecular weight excluding hydrogens is 226 g/mol. The second-order valence-corrected chi connectivity index (χ2v) is 4.79. The van der Waals surface area contributed by atoms with Crippen LogP contribution in [0.1, 0.15) is 44.4 Å². The van der Waals surface area contributed by atoms with Crippen molar-refractivity contribution in [3.05, 3.63) is 35.9 Å². The topological polar surface area (TPSA) is 29.5 Å². The largest absolute Gasteiger partial charge is 0.444 e. The van der Waals surface area contributed by atoms with E-state index in [1.165, 1.54) is 19.3 Å². The lowest BCUT2D eigenvalue weighted by Gasteiger charge is -2.39. The van der Waals surface area contributed by atoms with E-state index in [1.807, 2.05) is 30.3 Å². The maximum absolute atomic E-state index is 10.8. The van der Waals surface area contributed by atoms with Crippen molar-refractivity contribution >= 4 is 6.47 Å². The van der Waals surface area contributed by atoms with Crippen molar-refractivity contribution in [2.45, 2.75) is 44.9 Å². The highest BCUT2D eigenvalue weighted by Gasteiger charge is 2.29. The Morgan fingerprint density at radius 3 is 2.83 bits per heavy atom. The van der Waals surface area contributed by atoms with Crippen molar-refractivity contribution in [1.29, 1.82) is 0 Å². The molecule has 1 aromatic carbocycles.